The average Bonchev–Trinajstić information content (AvgIpc) is 2.78. The second-order valence-electron chi connectivity index (χ2n) is 7.51. The molecule has 0 bridgehead atoms. The molecule has 2 aromatic carbocycles. The summed E-state index contributed by atoms with van der Waals surface area (Å²) in [5.41, 5.74) is 1.52. The molecule has 1 fully saturated rings. The lowest BCUT2D eigenvalue weighted by Gasteiger charge is -2.44. The highest BCUT2D eigenvalue weighted by Gasteiger charge is 2.38. The van der Waals surface area contributed by atoms with Crippen molar-refractivity contribution in [1.29, 1.82) is 0 Å². The van der Waals surface area contributed by atoms with Gasteiger partial charge in [-0.3, -0.25) is 19.8 Å². The first-order valence-corrected chi connectivity index (χ1v) is 10.2. The standard InChI is InChI=1S/C22H25N3O5/c26-22(16-7-9-17(10-8-16)25(27)28)23-11-3-4-12-24-13-14-29-21-18-5-1-2-6-20(18)30-15-19(21)24/h1-2,5-10,19,21H,3-4,11-15H2,(H,23,26)/t19-,21-/m1/s1. The lowest BCUT2D eigenvalue weighted by molar-refractivity contribution is -0.384. The molecule has 0 saturated carbocycles. The molecular weight excluding hydrogens is 386 g/mol. The van der Waals surface area contributed by atoms with Gasteiger partial charge in [0, 0.05) is 36.3 Å². The fourth-order valence-corrected chi connectivity index (χ4v) is 4.03. The molecular formula is C22H25N3O5. The first-order chi connectivity index (χ1) is 14.6. The van der Waals surface area contributed by atoms with Crippen molar-refractivity contribution in [2.45, 2.75) is 25.0 Å². The number of nitrogens with zero attached hydrogens (tertiary/aromatic N) is 2. The largest absolute Gasteiger partial charge is 0.491 e. The summed E-state index contributed by atoms with van der Waals surface area (Å²) in [6.45, 7) is 3.68. The van der Waals surface area contributed by atoms with Gasteiger partial charge >= 0.3 is 0 Å². The number of carbonyl (C=O) groups excluding carboxylic acids is 1. The molecule has 0 aliphatic carbocycles. The molecule has 2 atom stereocenters. The van der Waals surface area contributed by atoms with Crippen LogP contribution < -0.4 is 10.1 Å². The molecule has 8 nitrogen and oxygen atoms in total. The molecule has 1 N–H and O–H groups in total. The highest BCUT2D eigenvalue weighted by Crippen LogP contribution is 2.38. The van der Waals surface area contributed by atoms with Crippen LogP contribution in [-0.2, 0) is 4.74 Å². The zero-order chi connectivity index (χ0) is 20.9. The molecule has 0 radical (unpaired) electrons. The van der Waals surface area contributed by atoms with Crippen LogP contribution in [0.25, 0.3) is 0 Å². The number of carbonyl (C=O) groups is 1. The minimum atomic E-state index is -0.478. The molecule has 0 aromatic heterocycles. The number of nitro groups is 1. The molecule has 2 aliphatic heterocycles. The Bertz CT molecular complexity index is 902. The first-order valence-electron chi connectivity index (χ1n) is 10.2. The molecule has 2 heterocycles. The fourth-order valence-electron chi connectivity index (χ4n) is 4.03. The molecule has 0 spiro atoms. The number of unbranched alkanes of at least 4 members (excludes halogenated alkanes) is 1. The van der Waals surface area contributed by atoms with Crippen LogP contribution in [0.2, 0.25) is 0 Å². The zero-order valence-electron chi connectivity index (χ0n) is 16.7. The number of para-hydroxylation sites is 1. The highest BCUT2D eigenvalue weighted by molar-refractivity contribution is 5.94. The van der Waals surface area contributed by atoms with Gasteiger partial charge in [0.05, 0.1) is 17.6 Å². The van der Waals surface area contributed by atoms with E-state index in [1.807, 2.05) is 18.2 Å². The van der Waals surface area contributed by atoms with Crippen molar-refractivity contribution in [3.05, 3.63) is 69.8 Å². The zero-order valence-corrected chi connectivity index (χ0v) is 16.7. The number of rotatable bonds is 7. The van der Waals surface area contributed by atoms with Crippen LogP contribution in [0, 0.1) is 10.1 Å². The minimum absolute atomic E-state index is 0.0234. The lowest BCUT2D eigenvalue weighted by Crippen LogP contribution is -2.52. The van der Waals surface area contributed by atoms with Gasteiger partial charge in [0.1, 0.15) is 18.5 Å². The Labute approximate surface area is 174 Å². The van der Waals surface area contributed by atoms with Crippen LogP contribution in [0.1, 0.15) is 34.9 Å². The van der Waals surface area contributed by atoms with E-state index in [2.05, 4.69) is 16.3 Å². The van der Waals surface area contributed by atoms with Gasteiger partial charge in [-0.1, -0.05) is 18.2 Å². The van der Waals surface area contributed by atoms with Crippen LogP contribution in [0.5, 0.6) is 5.75 Å². The molecule has 158 valence electrons. The Morgan fingerprint density at radius 1 is 1.17 bits per heavy atom. The summed E-state index contributed by atoms with van der Waals surface area (Å²) in [6, 6.07) is 13.9. The monoisotopic (exact) mass is 411 g/mol. The summed E-state index contributed by atoms with van der Waals surface area (Å²) in [7, 11) is 0. The van der Waals surface area contributed by atoms with E-state index in [-0.39, 0.29) is 23.7 Å². The maximum absolute atomic E-state index is 12.2. The van der Waals surface area contributed by atoms with Crippen molar-refractivity contribution in [2.24, 2.45) is 0 Å². The van der Waals surface area contributed by atoms with Gasteiger partial charge in [-0.15, -0.1) is 0 Å². The summed E-state index contributed by atoms with van der Waals surface area (Å²) in [4.78, 5) is 24.8. The van der Waals surface area contributed by atoms with Gasteiger partial charge in [-0.05, 0) is 37.6 Å². The molecule has 4 rings (SSSR count). The summed E-state index contributed by atoms with van der Waals surface area (Å²) >= 11 is 0. The third-order valence-corrected chi connectivity index (χ3v) is 5.63. The van der Waals surface area contributed by atoms with Crippen molar-refractivity contribution < 1.29 is 19.2 Å². The summed E-state index contributed by atoms with van der Waals surface area (Å²) in [5.74, 6) is 0.697. The molecule has 30 heavy (non-hydrogen) atoms. The Morgan fingerprint density at radius 2 is 1.97 bits per heavy atom. The maximum atomic E-state index is 12.2. The average molecular weight is 411 g/mol. The van der Waals surface area contributed by atoms with E-state index < -0.39 is 4.92 Å². The molecule has 1 amide bonds. The van der Waals surface area contributed by atoms with Crippen LogP contribution in [0.15, 0.2) is 48.5 Å². The second-order valence-corrected chi connectivity index (χ2v) is 7.51. The highest BCUT2D eigenvalue weighted by atomic mass is 16.6. The van der Waals surface area contributed by atoms with E-state index in [0.717, 1.165) is 37.2 Å². The molecule has 8 heteroatoms. The summed E-state index contributed by atoms with van der Waals surface area (Å²) < 4.78 is 12.0. The van der Waals surface area contributed by atoms with Crippen molar-refractivity contribution in [3.8, 4) is 5.75 Å². The van der Waals surface area contributed by atoms with Gasteiger partial charge in [0.25, 0.3) is 11.6 Å². The lowest BCUT2D eigenvalue weighted by atomic mass is 9.96. The van der Waals surface area contributed by atoms with Gasteiger partial charge in [0.2, 0.25) is 0 Å². The van der Waals surface area contributed by atoms with E-state index in [1.165, 1.54) is 24.3 Å². The van der Waals surface area contributed by atoms with Crippen LogP contribution >= 0.6 is 0 Å². The molecule has 2 aliphatic rings. The number of fused-ring (bicyclic) bond motifs is 3. The third kappa shape index (κ3) is 4.44. The Hall–Kier alpha value is -2.97. The van der Waals surface area contributed by atoms with E-state index in [0.29, 0.717) is 25.3 Å². The van der Waals surface area contributed by atoms with Crippen molar-refractivity contribution in [2.75, 3.05) is 32.8 Å². The molecule has 0 unspecified atom stereocenters. The quantitative estimate of drug-likeness (QED) is 0.428. The summed E-state index contributed by atoms with van der Waals surface area (Å²) in [6.07, 6.45) is 1.85. The number of ether oxygens (including phenoxy) is 2. The predicted molar refractivity (Wildman–Crippen MR) is 111 cm³/mol. The smallest absolute Gasteiger partial charge is 0.269 e. The number of hydrogen-bond donors (Lipinski definition) is 1. The number of morpholine rings is 1. The predicted octanol–water partition coefficient (Wildman–Crippen LogP) is 2.94. The van der Waals surface area contributed by atoms with E-state index in [4.69, 9.17) is 9.47 Å². The first kappa shape index (κ1) is 20.3. The van der Waals surface area contributed by atoms with Crippen molar-refractivity contribution in [1.82, 2.24) is 10.2 Å². The van der Waals surface area contributed by atoms with E-state index in [1.54, 1.807) is 0 Å². The topological polar surface area (TPSA) is 93.9 Å². The molecule has 2 aromatic rings. The number of non-ortho nitro benzene ring substituents is 1. The maximum Gasteiger partial charge on any atom is 0.269 e. The Kier molecular flexibility index (Phi) is 6.25. The van der Waals surface area contributed by atoms with E-state index in [9.17, 15) is 14.9 Å². The number of nitro benzene ring substituents is 1. The number of nitrogens with one attached hydrogen (secondary N) is 1. The van der Waals surface area contributed by atoms with Crippen LogP contribution in [0.3, 0.4) is 0 Å². The van der Waals surface area contributed by atoms with Crippen molar-refractivity contribution in [3.63, 3.8) is 0 Å². The number of benzene rings is 2. The minimum Gasteiger partial charge on any atom is -0.491 e. The second kappa shape index (κ2) is 9.23. The number of amides is 1. The van der Waals surface area contributed by atoms with Gasteiger partial charge in [-0.2, -0.15) is 0 Å². The SMILES string of the molecule is O=C(NCCCCN1CCO[C@@H]2c3ccccc3OC[C@H]21)c1ccc([N+](=O)[O-])cc1. The van der Waals surface area contributed by atoms with Crippen molar-refractivity contribution >= 4 is 11.6 Å². The van der Waals surface area contributed by atoms with Gasteiger partial charge < -0.3 is 14.8 Å². The van der Waals surface area contributed by atoms with Gasteiger partial charge in [0.15, 0.2) is 0 Å². The fraction of sp³-hybridized carbons (Fsp3) is 0.409. The Morgan fingerprint density at radius 3 is 2.77 bits per heavy atom. The van der Waals surface area contributed by atoms with Gasteiger partial charge in [-0.25, -0.2) is 0 Å². The van der Waals surface area contributed by atoms with E-state index >= 15 is 0 Å². The van der Waals surface area contributed by atoms with Crippen LogP contribution in [0.4, 0.5) is 5.69 Å². The molecule has 1 saturated heterocycles. The third-order valence-electron chi connectivity index (χ3n) is 5.63. The Balaban J connectivity index is 1.22. The normalized spacial score (nSPS) is 20.5. The van der Waals surface area contributed by atoms with Crippen LogP contribution in [-0.4, -0.2) is 54.6 Å². The number of hydrogen-bond acceptors (Lipinski definition) is 6. The summed E-state index contributed by atoms with van der Waals surface area (Å²) in [5, 5.41) is 13.6.